The number of hydrazone groups is 1. The zero-order valence-corrected chi connectivity index (χ0v) is 26.3. The number of carbonyl (C=O) groups excluding carboxylic acids is 2. The Kier molecular flexibility index (Phi) is 8.97. The first-order chi connectivity index (χ1) is 22.3. The van der Waals surface area contributed by atoms with Crippen LogP contribution in [0.15, 0.2) is 99.8 Å². The fourth-order valence-electron chi connectivity index (χ4n) is 5.22. The van der Waals surface area contributed by atoms with E-state index in [9.17, 15) is 14.0 Å². The number of thioether (sulfide) groups is 1. The molecule has 0 fully saturated rings. The number of furan rings is 1. The summed E-state index contributed by atoms with van der Waals surface area (Å²) in [7, 11) is 1.60. The number of halogens is 1. The Bertz CT molecular complexity index is 1890. The van der Waals surface area contributed by atoms with Crippen molar-refractivity contribution in [3.63, 3.8) is 0 Å². The monoisotopic (exact) mass is 638 g/mol. The van der Waals surface area contributed by atoms with Crippen molar-refractivity contribution < 1.29 is 23.1 Å². The van der Waals surface area contributed by atoms with Crippen molar-refractivity contribution in [3.05, 3.63) is 125 Å². The van der Waals surface area contributed by atoms with Crippen molar-refractivity contribution in [1.82, 2.24) is 25.1 Å². The normalized spacial score (nSPS) is 14.3. The van der Waals surface area contributed by atoms with Crippen molar-refractivity contribution in [1.29, 1.82) is 0 Å². The third-order valence-corrected chi connectivity index (χ3v) is 8.75. The predicted molar refractivity (Wildman–Crippen MR) is 172 cm³/mol. The molecule has 5 aromatic rings. The molecule has 0 aliphatic carbocycles. The Morgan fingerprint density at radius 3 is 2.52 bits per heavy atom. The quantitative estimate of drug-likeness (QED) is 0.186. The molecule has 46 heavy (non-hydrogen) atoms. The fourth-order valence-corrected chi connectivity index (χ4v) is 6.03. The van der Waals surface area contributed by atoms with Gasteiger partial charge in [0.2, 0.25) is 0 Å². The molecule has 2 amide bonds. The van der Waals surface area contributed by atoms with E-state index in [0.717, 1.165) is 39.4 Å². The number of hydrogen-bond donors (Lipinski definition) is 1. The second-order valence-electron chi connectivity index (χ2n) is 10.7. The molecule has 0 bridgehead atoms. The lowest BCUT2D eigenvalue weighted by Crippen LogP contribution is -2.28. The summed E-state index contributed by atoms with van der Waals surface area (Å²) in [5.74, 6) is 0.437. The Morgan fingerprint density at radius 2 is 1.80 bits per heavy atom. The number of benzene rings is 3. The number of hydrogen-bond acceptors (Lipinski definition) is 8. The largest absolute Gasteiger partial charge is 0.497 e. The van der Waals surface area contributed by atoms with E-state index < -0.39 is 6.04 Å². The van der Waals surface area contributed by atoms with Crippen LogP contribution in [0.2, 0.25) is 0 Å². The van der Waals surface area contributed by atoms with Crippen molar-refractivity contribution in [2.45, 2.75) is 38.0 Å². The standard InChI is InChI=1S/C34H31FN6O4S/c1-21-6-4-7-28(22(21)2)40-31(19-36-33(43)30-8-5-17-45-30)37-38-34(40)46-20-32(42)41-29(24-9-13-25(35)14-10-24)18-27(39-41)23-11-15-26(44-3)16-12-23/h4-17,29H,18-20H2,1-3H3,(H,36,43). The van der Waals surface area contributed by atoms with Crippen LogP contribution < -0.4 is 10.1 Å². The lowest BCUT2D eigenvalue weighted by atomic mass is 9.98. The summed E-state index contributed by atoms with van der Waals surface area (Å²) in [6.07, 6.45) is 1.90. The maximum atomic E-state index is 13.8. The van der Waals surface area contributed by atoms with Gasteiger partial charge < -0.3 is 14.5 Å². The SMILES string of the molecule is COc1ccc(C2=NN(C(=O)CSc3nnc(CNC(=O)c4ccco4)n3-c3cccc(C)c3C)C(c3ccc(F)cc3)C2)cc1. The summed E-state index contributed by atoms with van der Waals surface area (Å²) in [4.78, 5) is 26.4. The molecule has 3 aromatic carbocycles. The zero-order chi connectivity index (χ0) is 32.2. The predicted octanol–water partition coefficient (Wildman–Crippen LogP) is 6.02. The maximum absolute atomic E-state index is 13.8. The smallest absolute Gasteiger partial charge is 0.287 e. The molecule has 1 unspecified atom stereocenters. The van der Waals surface area contributed by atoms with Gasteiger partial charge in [0.15, 0.2) is 16.7 Å². The van der Waals surface area contributed by atoms with Crippen LogP contribution in [0.25, 0.3) is 5.69 Å². The molecular formula is C34H31FN6O4S. The summed E-state index contributed by atoms with van der Waals surface area (Å²) in [6, 6.07) is 22.4. The van der Waals surface area contributed by atoms with Crippen molar-refractivity contribution in [2.75, 3.05) is 12.9 Å². The molecule has 6 rings (SSSR count). The summed E-state index contributed by atoms with van der Waals surface area (Å²) in [5.41, 5.74) is 5.31. The van der Waals surface area contributed by atoms with E-state index in [-0.39, 0.29) is 35.7 Å². The number of nitrogens with one attached hydrogen (secondary N) is 1. The molecule has 1 atom stereocenters. The summed E-state index contributed by atoms with van der Waals surface area (Å²) in [5, 5.41) is 18.3. The molecule has 0 radical (unpaired) electrons. The molecule has 2 aromatic heterocycles. The first-order valence-electron chi connectivity index (χ1n) is 14.6. The van der Waals surface area contributed by atoms with Gasteiger partial charge in [-0.15, -0.1) is 10.2 Å². The lowest BCUT2D eigenvalue weighted by Gasteiger charge is -2.22. The molecule has 1 N–H and O–H groups in total. The molecule has 1 aliphatic rings. The summed E-state index contributed by atoms with van der Waals surface area (Å²) in [6.45, 7) is 4.10. The highest BCUT2D eigenvalue weighted by Crippen LogP contribution is 2.35. The minimum absolute atomic E-state index is 0.0127. The summed E-state index contributed by atoms with van der Waals surface area (Å²) >= 11 is 1.23. The average Bonchev–Trinajstić information content (AvgIpc) is 3.85. The van der Waals surface area contributed by atoms with Gasteiger partial charge in [-0.05, 0) is 90.7 Å². The molecule has 234 valence electrons. The first-order valence-corrected chi connectivity index (χ1v) is 15.6. The van der Waals surface area contributed by atoms with E-state index in [0.29, 0.717) is 17.4 Å². The molecule has 1 aliphatic heterocycles. The van der Waals surface area contributed by atoms with Gasteiger partial charge in [-0.3, -0.25) is 14.2 Å². The van der Waals surface area contributed by atoms with Crippen LogP contribution >= 0.6 is 11.8 Å². The van der Waals surface area contributed by atoms with Gasteiger partial charge in [-0.25, -0.2) is 9.40 Å². The number of aromatic nitrogens is 3. The second-order valence-corrected chi connectivity index (χ2v) is 11.6. The minimum atomic E-state index is -0.407. The van der Waals surface area contributed by atoms with Crippen molar-refractivity contribution in [3.8, 4) is 11.4 Å². The van der Waals surface area contributed by atoms with Gasteiger partial charge in [-0.2, -0.15) is 5.10 Å². The molecule has 10 nitrogen and oxygen atoms in total. The van der Waals surface area contributed by atoms with Crippen LogP contribution in [0, 0.1) is 19.7 Å². The Balaban J connectivity index is 1.27. The molecular weight excluding hydrogens is 607 g/mol. The van der Waals surface area contributed by atoms with Gasteiger partial charge in [0, 0.05) is 6.42 Å². The van der Waals surface area contributed by atoms with Gasteiger partial charge in [0.1, 0.15) is 11.6 Å². The van der Waals surface area contributed by atoms with Gasteiger partial charge in [0.25, 0.3) is 11.8 Å². The van der Waals surface area contributed by atoms with Crippen LogP contribution in [-0.4, -0.2) is 50.2 Å². The van der Waals surface area contributed by atoms with Gasteiger partial charge >= 0.3 is 0 Å². The molecule has 0 saturated heterocycles. The average molecular weight is 639 g/mol. The van der Waals surface area contributed by atoms with E-state index in [1.54, 1.807) is 31.4 Å². The topological polar surface area (TPSA) is 115 Å². The number of aryl methyl sites for hydroxylation is 1. The molecule has 3 heterocycles. The van der Waals surface area contributed by atoms with E-state index >= 15 is 0 Å². The van der Waals surface area contributed by atoms with Crippen LogP contribution in [0.5, 0.6) is 5.75 Å². The van der Waals surface area contributed by atoms with Crippen molar-refractivity contribution in [2.24, 2.45) is 5.10 Å². The lowest BCUT2D eigenvalue weighted by molar-refractivity contribution is -0.130. The van der Waals surface area contributed by atoms with Crippen LogP contribution in [0.4, 0.5) is 4.39 Å². The van der Waals surface area contributed by atoms with E-state index in [2.05, 4.69) is 15.5 Å². The first kappa shape index (κ1) is 30.8. The van der Waals surface area contributed by atoms with E-state index in [1.165, 1.54) is 35.2 Å². The Morgan fingerprint density at radius 1 is 1.02 bits per heavy atom. The number of ether oxygens (including phenoxy) is 1. The van der Waals surface area contributed by atoms with Gasteiger partial charge in [0.05, 0.1) is 43.1 Å². The third-order valence-electron chi connectivity index (χ3n) is 7.84. The third kappa shape index (κ3) is 6.43. The van der Waals surface area contributed by atoms with Crippen molar-refractivity contribution >= 4 is 29.3 Å². The molecule has 12 heteroatoms. The minimum Gasteiger partial charge on any atom is -0.497 e. The number of nitrogens with zero attached hydrogens (tertiary/aromatic N) is 5. The van der Waals surface area contributed by atoms with Gasteiger partial charge in [-0.1, -0.05) is 36.0 Å². The van der Waals surface area contributed by atoms with E-state index in [4.69, 9.17) is 14.3 Å². The number of rotatable bonds is 10. The van der Waals surface area contributed by atoms with Crippen LogP contribution in [-0.2, 0) is 11.3 Å². The van der Waals surface area contributed by atoms with E-state index in [1.807, 2.05) is 60.9 Å². The Labute approximate surface area is 269 Å². The maximum Gasteiger partial charge on any atom is 0.287 e. The Hall–Kier alpha value is -5.23. The number of methoxy groups -OCH3 is 1. The molecule has 0 spiro atoms. The fraction of sp³-hybridized carbons (Fsp3) is 0.206. The second kappa shape index (κ2) is 13.4. The van der Waals surface area contributed by atoms with Crippen LogP contribution in [0.3, 0.4) is 0 Å². The number of carbonyl (C=O) groups is 2. The number of amides is 2. The zero-order valence-electron chi connectivity index (χ0n) is 25.4. The highest BCUT2D eigenvalue weighted by atomic mass is 32.2. The molecule has 0 saturated carbocycles. The van der Waals surface area contributed by atoms with Crippen LogP contribution in [0.1, 0.15) is 51.1 Å². The highest BCUT2D eigenvalue weighted by molar-refractivity contribution is 7.99. The summed E-state index contributed by atoms with van der Waals surface area (Å²) < 4.78 is 26.1. The highest BCUT2D eigenvalue weighted by Gasteiger charge is 2.33.